The molecule has 2 unspecified atom stereocenters. The summed E-state index contributed by atoms with van der Waals surface area (Å²) in [5.74, 6) is 1.08. The summed E-state index contributed by atoms with van der Waals surface area (Å²) < 4.78 is 6.18. The van der Waals surface area contributed by atoms with Crippen LogP contribution in [-0.2, 0) is 16.8 Å². The van der Waals surface area contributed by atoms with Crippen molar-refractivity contribution in [2.45, 2.75) is 35.3 Å². The van der Waals surface area contributed by atoms with E-state index in [0.29, 0.717) is 31.7 Å². The lowest BCUT2D eigenvalue weighted by Gasteiger charge is -2.38. The maximum absolute atomic E-state index is 13.5. The molecular formula is C25H29BN2O4S2. The lowest BCUT2D eigenvalue weighted by atomic mass is 9.74. The lowest BCUT2D eigenvalue weighted by Crippen LogP contribution is -2.46. The van der Waals surface area contributed by atoms with Gasteiger partial charge in [-0.15, -0.1) is 23.5 Å². The van der Waals surface area contributed by atoms with Gasteiger partial charge in [-0.2, -0.15) is 0 Å². The normalized spacial score (nSPS) is 22.9. The summed E-state index contributed by atoms with van der Waals surface area (Å²) >= 11 is 3.33. The number of benzene rings is 2. The summed E-state index contributed by atoms with van der Waals surface area (Å²) in [6, 6.07) is 13.6. The minimum atomic E-state index is -1.50. The molecule has 4 N–H and O–H groups in total. The molecule has 1 saturated heterocycles. The number of hydrogen-bond acceptors (Lipinski definition) is 7. The number of amides is 1. The minimum Gasteiger partial charge on any atom is -0.492 e. The number of carbonyl (C=O) groups is 1. The molecule has 0 aromatic heterocycles. The molecule has 0 saturated carbocycles. The van der Waals surface area contributed by atoms with E-state index in [4.69, 9.17) is 10.5 Å². The van der Waals surface area contributed by atoms with Crippen molar-refractivity contribution in [2.24, 2.45) is 5.73 Å². The van der Waals surface area contributed by atoms with E-state index < -0.39 is 7.12 Å². The zero-order chi connectivity index (χ0) is 23.9. The molecule has 3 heterocycles. The van der Waals surface area contributed by atoms with Crippen LogP contribution in [0, 0.1) is 0 Å². The molecule has 5 rings (SSSR count). The summed E-state index contributed by atoms with van der Waals surface area (Å²) in [6.07, 6.45) is 5.87. The third-order valence-electron chi connectivity index (χ3n) is 7.27. The molecule has 0 aliphatic carbocycles. The van der Waals surface area contributed by atoms with Crippen LogP contribution in [0.2, 0.25) is 0 Å². The fourth-order valence-electron chi connectivity index (χ4n) is 5.22. The van der Waals surface area contributed by atoms with Gasteiger partial charge in [0.25, 0.3) is 5.91 Å². The Morgan fingerprint density at radius 1 is 1.26 bits per heavy atom. The van der Waals surface area contributed by atoms with Crippen LogP contribution in [0.5, 0.6) is 5.75 Å². The second-order valence-electron chi connectivity index (χ2n) is 9.22. The number of allylic oxidation sites excluding steroid dienone is 1. The smallest absolute Gasteiger partial charge is 0.488 e. The van der Waals surface area contributed by atoms with Gasteiger partial charge in [-0.05, 0) is 41.8 Å². The molecular weight excluding hydrogens is 467 g/mol. The predicted octanol–water partition coefficient (Wildman–Crippen LogP) is 2.18. The molecule has 2 aromatic rings. The maximum Gasteiger partial charge on any atom is 0.488 e. The molecule has 0 bridgehead atoms. The van der Waals surface area contributed by atoms with Crippen LogP contribution < -0.4 is 15.9 Å². The molecule has 2 atom stereocenters. The van der Waals surface area contributed by atoms with Crippen molar-refractivity contribution in [3.63, 3.8) is 0 Å². The van der Waals surface area contributed by atoms with Gasteiger partial charge in [0.2, 0.25) is 0 Å². The predicted molar refractivity (Wildman–Crippen MR) is 139 cm³/mol. The number of carbonyl (C=O) groups excluding carboxylic acids is 1. The largest absolute Gasteiger partial charge is 0.492 e. The van der Waals surface area contributed by atoms with Gasteiger partial charge in [-0.1, -0.05) is 42.5 Å². The van der Waals surface area contributed by atoms with Crippen LogP contribution in [0.25, 0.3) is 0 Å². The molecule has 2 aromatic carbocycles. The first-order chi connectivity index (χ1) is 16.4. The van der Waals surface area contributed by atoms with Crippen LogP contribution in [0.15, 0.2) is 53.4 Å². The highest BCUT2D eigenvalue weighted by atomic mass is 32.2. The number of ether oxygens (including phenoxy) is 1. The Hall–Kier alpha value is -1.91. The van der Waals surface area contributed by atoms with E-state index in [1.165, 1.54) is 5.56 Å². The number of nitrogens with zero attached hydrogens (tertiary/aromatic N) is 1. The van der Waals surface area contributed by atoms with E-state index in [1.807, 2.05) is 35.2 Å². The van der Waals surface area contributed by atoms with E-state index >= 15 is 0 Å². The average Bonchev–Trinajstić information content (AvgIpc) is 3.46. The zero-order valence-corrected chi connectivity index (χ0v) is 20.8. The van der Waals surface area contributed by atoms with Crippen molar-refractivity contribution in [3.8, 4) is 5.75 Å². The number of fused-ring (bicyclic) bond motifs is 2. The average molecular weight is 496 g/mol. The van der Waals surface area contributed by atoms with Gasteiger partial charge >= 0.3 is 7.12 Å². The summed E-state index contributed by atoms with van der Waals surface area (Å²) in [4.78, 5) is 16.2. The van der Waals surface area contributed by atoms with E-state index in [-0.39, 0.29) is 21.8 Å². The second kappa shape index (κ2) is 9.62. The summed E-state index contributed by atoms with van der Waals surface area (Å²) in [7, 11) is -1.50. The van der Waals surface area contributed by atoms with Crippen molar-refractivity contribution >= 4 is 42.0 Å². The zero-order valence-electron chi connectivity index (χ0n) is 19.1. The second-order valence-corrected chi connectivity index (χ2v) is 11.7. The highest BCUT2D eigenvalue weighted by Crippen LogP contribution is 2.49. The Bertz CT molecular complexity index is 1120. The minimum absolute atomic E-state index is 0.0373. The van der Waals surface area contributed by atoms with E-state index in [0.717, 1.165) is 34.6 Å². The molecule has 34 heavy (non-hydrogen) atoms. The molecule has 1 fully saturated rings. The molecule has 3 aliphatic heterocycles. The first-order valence-electron chi connectivity index (χ1n) is 11.6. The Labute approximate surface area is 209 Å². The number of thioether (sulfide) groups is 2. The molecule has 9 heteroatoms. The van der Waals surface area contributed by atoms with Crippen LogP contribution in [-0.4, -0.2) is 58.5 Å². The standard InChI is InChI=1S/C25H29BN2O4S2/c1-33-24-19(17-3-2-4-18(12-17)26(30)31)13-22(34-24)23(29)28-9-7-25(8-10-28)15-32-21-6-5-16(14-27)11-20(21)25/h2-6,11-13,19,24,30-31H,7-10,14-15,27H2,1H3. The molecule has 3 aliphatic rings. The topological polar surface area (TPSA) is 96.0 Å². The number of hydrogen-bond donors (Lipinski definition) is 3. The summed E-state index contributed by atoms with van der Waals surface area (Å²) in [6.45, 7) is 2.58. The Morgan fingerprint density at radius 2 is 2.06 bits per heavy atom. The van der Waals surface area contributed by atoms with Crippen molar-refractivity contribution < 1.29 is 19.6 Å². The number of likely N-dealkylation sites (tertiary alicyclic amines) is 1. The van der Waals surface area contributed by atoms with Gasteiger partial charge in [0.15, 0.2) is 0 Å². The number of piperidine rings is 1. The molecule has 6 nitrogen and oxygen atoms in total. The Kier molecular flexibility index (Phi) is 6.74. The fraction of sp³-hybridized carbons (Fsp3) is 0.400. The third kappa shape index (κ3) is 4.29. The quantitative estimate of drug-likeness (QED) is 0.547. The van der Waals surface area contributed by atoms with E-state index in [2.05, 4.69) is 18.4 Å². The first kappa shape index (κ1) is 23.8. The van der Waals surface area contributed by atoms with Crippen LogP contribution in [0.4, 0.5) is 0 Å². The SMILES string of the molecule is CSC1SC(C(=O)N2CCC3(CC2)COc2ccc(CN)cc23)=CC1c1cccc(B(O)O)c1. The highest BCUT2D eigenvalue weighted by Gasteiger charge is 2.44. The number of nitrogens with two attached hydrogens (primary N) is 1. The number of rotatable bonds is 5. The molecule has 1 spiro atoms. The van der Waals surface area contributed by atoms with Gasteiger partial charge in [0.05, 0.1) is 16.1 Å². The molecule has 178 valence electrons. The summed E-state index contributed by atoms with van der Waals surface area (Å²) in [5.41, 5.74) is 9.64. The first-order valence-corrected chi connectivity index (χ1v) is 13.7. The van der Waals surface area contributed by atoms with Crippen molar-refractivity contribution in [3.05, 3.63) is 70.1 Å². The van der Waals surface area contributed by atoms with Gasteiger partial charge in [0.1, 0.15) is 5.75 Å². The van der Waals surface area contributed by atoms with Crippen molar-refractivity contribution in [1.82, 2.24) is 4.90 Å². The lowest BCUT2D eigenvalue weighted by molar-refractivity contribution is -0.128. The van der Waals surface area contributed by atoms with Crippen molar-refractivity contribution in [2.75, 3.05) is 26.0 Å². The van der Waals surface area contributed by atoms with Crippen LogP contribution in [0.1, 0.15) is 35.4 Å². The fourth-order valence-corrected chi connectivity index (χ4v) is 7.53. The van der Waals surface area contributed by atoms with E-state index in [9.17, 15) is 14.8 Å². The highest BCUT2D eigenvalue weighted by molar-refractivity contribution is 8.19. The molecule has 0 radical (unpaired) electrons. The monoisotopic (exact) mass is 496 g/mol. The summed E-state index contributed by atoms with van der Waals surface area (Å²) in [5, 5.41) is 19.1. The van der Waals surface area contributed by atoms with E-state index in [1.54, 1.807) is 29.6 Å². The maximum atomic E-state index is 13.5. The van der Waals surface area contributed by atoms with Crippen molar-refractivity contribution in [1.29, 1.82) is 0 Å². The van der Waals surface area contributed by atoms with Crippen LogP contribution in [0.3, 0.4) is 0 Å². The Morgan fingerprint density at radius 3 is 2.76 bits per heavy atom. The van der Waals surface area contributed by atoms with Gasteiger partial charge < -0.3 is 25.4 Å². The Balaban J connectivity index is 1.31. The van der Waals surface area contributed by atoms with Crippen LogP contribution >= 0.6 is 23.5 Å². The van der Waals surface area contributed by atoms with Gasteiger partial charge in [-0.3, -0.25) is 4.79 Å². The molecule has 1 amide bonds. The van der Waals surface area contributed by atoms with Gasteiger partial charge in [-0.25, -0.2) is 0 Å². The van der Waals surface area contributed by atoms with Gasteiger partial charge in [0, 0.05) is 36.5 Å². The third-order valence-corrected chi connectivity index (χ3v) is 9.98.